The van der Waals surface area contributed by atoms with Crippen molar-refractivity contribution in [2.24, 2.45) is 7.05 Å². The smallest absolute Gasteiger partial charge is 0.236 e. The largest absolute Gasteiger partial charge is 0.471 e. The van der Waals surface area contributed by atoms with Crippen molar-refractivity contribution >= 4 is 5.69 Å². The van der Waals surface area contributed by atoms with Crippen molar-refractivity contribution in [3.63, 3.8) is 0 Å². The van der Waals surface area contributed by atoms with E-state index < -0.39 is 0 Å². The minimum Gasteiger partial charge on any atom is -0.471 e. The summed E-state index contributed by atoms with van der Waals surface area (Å²) in [6, 6.07) is 6.52. The zero-order valence-corrected chi connectivity index (χ0v) is 11.2. The summed E-state index contributed by atoms with van der Waals surface area (Å²) in [6.45, 7) is 2.20. The van der Waals surface area contributed by atoms with Gasteiger partial charge in [0.2, 0.25) is 5.88 Å². The highest BCUT2D eigenvalue weighted by Gasteiger charge is 2.14. The molecule has 2 aromatic rings. The Balaban J connectivity index is 2.14. The SMILES string of the molecule is CCCc1nn(C)c(OCc2ccccc2F)c1N. The quantitative estimate of drug-likeness (QED) is 0.902. The van der Waals surface area contributed by atoms with Crippen molar-refractivity contribution in [3.05, 3.63) is 41.3 Å². The van der Waals surface area contributed by atoms with Crippen LogP contribution in [0, 0.1) is 5.82 Å². The molecule has 0 aliphatic heterocycles. The van der Waals surface area contributed by atoms with Crippen molar-refractivity contribution in [1.82, 2.24) is 9.78 Å². The molecule has 5 heteroatoms. The van der Waals surface area contributed by atoms with Crippen molar-refractivity contribution < 1.29 is 9.13 Å². The number of aryl methyl sites for hydroxylation is 2. The van der Waals surface area contributed by atoms with Gasteiger partial charge < -0.3 is 10.5 Å². The molecule has 0 aliphatic carbocycles. The Kier molecular flexibility index (Phi) is 4.04. The van der Waals surface area contributed by atoms with Crippen LogP contribution in [-0.2, 0) is 20.1 Å². The number of halogens is 1. The highest BCUT2D eigenvalue weighted by atomic mass is 19.1. The summed E-state index contributed by atoms with van der Waals surface area (Å²) in [5.41, 5.74) is 7.86. The molecule has 2 N–H and O–H groups in total. The Morgan fingerprint density at radius 2 is 2.11 bits per heavy atom. The standard InChI is InChI=1S/C14H18FN3O/c1-3-6-12-13(16)14(18(2)17-12)19-9-10-7-4-5-8-11(10)15/h4-5,7-8H,3,6,9,16H2,1-2H3. The Labute approximate surface area is 112 Å². The monoisotopic (exact) mass is 263 g/mol. The Morgan fingerprint density at radius 1 is 1.37 bits per heavy atom. The van der Waals surface area contributed by atoms with Crippen LogP contribution in [0.4, 0.5) is 10.1 Å². The molecule has 1 heterocycles. The molecule has 0 spiro atoms. The van der Waals surface area contributed by atoms with E-state index in [0.29, 0.717) is 17.1 Å². The molecule has 0 fully saturated rings. The van der Waals surface area contributed by atoms with Crippen LogP contribution in [0.2, 0.25) is 0 Å². The molecule has 2 rings (SSSR count). The topological polar surface area (TPSA) is 53.1 Å². The maximum Gasteiger partial charge on any atom is 0.236 e. The van der Waals surface area contributed by atoms with Crippen molar-refractivity contribution in [2.45, 2.75) is 26.4 Å². The molecule has 0 saturated carbocycles. The number of aromatic nitrogens is 2. The van der Waals surface area contributed by atoms with Gasteiger partial charge in [-0.25, -0.2) is 9.07 Å². The van der Waals surface area contributed by atoms with Gasteiger partial charge in [0.25, 0.3) is 0 Å². The number of nitrogens with zero attached hydrogens (tertiary/aromatic N) is 2. The summed E-state index contributed by atoms with van der Waals surface area (Å²) in [6.07, 6.45) is 1.77. The summed E-state index contributed by atoms with van der Waals surface area (Å²) >= 11 is 0. The second-order valence-electron chi connectivity index (χ2n) is 4.42. The zero-order chi connectivity index (χ0) is 13.8. The van der Waals surface area contributed by atoms with Gasteiger partial charge in [0.05, 0.1) is 5.69 Å². The third-order valence-electron chi connectivity index (χ3n) is 2.91. The predicted octanol–water partition coefficient (Wildman–Crippen LogP) is 2.67. The third kappa shape index (κ3) is 2.86. The van der Waals surface area contributed by atoms with E-state index in [1.807, 2.05) is 0 Å². The molecule has 0 radical (unpaired) electrons. The van der Waals surface area contributed by atoms with Gasteiger partial charge in [-0.05, 0) is 12.5 Å². The molecule has 0 aliphatic rings. The van der Waals surface area contributed by atoms with E-state index in [1.54, 1.807) is 29.9 Å². The second-order valence-corrected chi connectivity index (χ2v) is 4.42. The first kappa shape index (κ1) is 13.4. The average molecular weight is 263 g/mol. The maximum atomic E-state index is 13.5. The number of anilines is 1. The molecular formula is C14H18FN3O. The molecule has 0 unspecified atom stereocenters. The molecule has 0 amide bonds. The summed E-state index contributed by atoms with van der Waals surface area (Å²) in [5, 5.41) is 4.31. The van der Waals surface area contributed by atoms with E-state index >= 15 is 0 Å². The zero-order valence-electron chi connectivity index (χ0n) is 11.2. The molecular weight excluding hydrogens is 245 g/mol. The van der Waals surface area contributed by atoms with Gasteiger partial charge >= 0.3 is 0 Å². The van der Waals surface area contributed by atoms with Gasteiger partial charge in [-0.3, -0.25) is 0 Å². The normalized spacial score (nSPS) is 10.7. The fourth-order valence-electron chi connectivity index (χ4n) is 1.93. The molecule has 4 nitrogen and oxygen atoms in total. The Bertz CT molecular complexity index is 566. The molecule has 0 bridgehead atoms. The average Bonchev–Trinajstić information content (AvgIpc) is 2.65. The first-order valence-electron chi connectivity index (χ1n) is 6.31. The van der Waals surface area contributed by atoms with Gasteiger partial charge in [0.1, 0.15) is 18.1 Å². The lowest BCUT2D eigenvalue weighted by Crippen LogP contribution is -2.04. The molecule has 0 saturated heterocycles. The van der Waals surface area contributed by atoms with Gasteiger partial charge in [0, 0.05) is 12.6 Å². The number of hydrogen-bond acceptors (Lipinski definition) is 3. The lowest BCUT2D eigenvalue weighted by Gasteiger charge is -2.07. The van der Waals surface area contributed by atoms with Gasteiger partial charge in [-0.2, -0.15) is 5.10 Å². The predicted molar refractivity (Wildman–Crippen MR) is 72.3 cm³/mol. The second kappa shape index (κ2) is 5.73. The minimum absolute atomic E-state index is 0.141. The van der Waals surface area contributed by atoms with E-state index in [2.05, 4.69) is 12.0 Å². The third-order valence-corrected chi connectivity index (χ3v) is 2.91. The molecule has 102 valence electrons. The number of benzene rings is 1. The highest BCUT2D eigenvalue weighted by molar-refractivity contribution is 5.53. The fraction of sp³-hybridized carbons (Fsp3) is 0.357. The number of nitrogens with two attached hydrogens (primary N) is 1. The first-order valence-corrected chi connectivity index (χ1v) is 6.31. The maximum absolute atomic E-state index is 13.5. The van der Waals surface area contributed by atoms with Crippen LogP contribution in [-0.4, -0.2) is 9.78 Å². The van der Waals surface area contributed by atoms with E-state index in [-0.39, 0.29) is 12.4 Å². The van der Waals surface area contributed by atoms with Crippen LogP contribution in [0.5, 0.6) is 5.88 Å². The van der Waals surface area contributed by atoms with Crippen molar-refractivity contribution in [3.8, 4) is 5.88 Å². The van der Waals surface area contributed by atoms with Crippen LogP contribution < -0.4 is 10.5 Å². The molecule has 1 aromatic heterocycles. The first-order chi connectivity index (χ1) is 9.13. The number of nitrogen functional groups attached to an aromatic ring is 1. The highest BCUT2D eigenvalue weighted by Crippen LogP contribution is 2.26. The van der Waals surface area contributed by atoms with E-state index in [4.69, 9.17) is 10.5 Å². The van der Waals surface area contributed by atoms with E-state index in [9.17, 15) is 4.39 Å². The lowest BCUT2D eigenvalue weighted by atomic mass is 10.2. The lowest BCUT2D eigenvalue weighted by molar-refractivity contribution is 0.275. The Hall–Kier alpha value is -2.04. The van der Waals surface area contributed by atoms with Crippen LogP contribution in [0.1, 0.15) is 24.6 Å². The van der Waals surface area contributed by atoms with Crippen LogP contribution in [0.3, 0.4) is 0 Å². The van der Waals surface area contributed by atoms with Crippen molar-refractivity contribution in [2.75, 3.05) is 5.73 Å². The van der Waals surface area contributed by atoms with Gasteiger partial charge in [0.15, 0.2) is 0 Å². The number of ether oxygens (including phenoxy) is 1. The van der Waals surface area contributed by atoms with E-state index in [1.165, 1.54) is 6.07 Å². The summed E-state index contributed by atoms with van der Waals surface area (Å²) < 4.78 is 20.7. The van der Waals surface area contributed by atoms with Gasteiger partial charge in [-0.1, -0.05) is 31.5 Å². The molecule has 0 atom stereocenters. The van der Waals surface area contributed by atoms with Gasteiger partial charge in [-0.15, -0.1) is 0 Å². The Morgan fingerprint density at radius 3 is 2.79 bits per heavy atom. The number of hydrogen-bond donors (Lipinski definition) is 1. The minimum atomic E-state index is -0.281. The molecule has 19 heavy (non-hydrogen) atoms. The van der Waals surface area contributed by atoms with E-state index in [0.717, 1.165) is 18.5 Å². The summed E-state index contributed by atoms with van der Waals surface area (Å²) in [4.78, 5) is 0. The van der Waals surface area contributed by atoms with Crippen LogP contribution >= 0.6 is 0 Å². The fourth-order valence-corrected chi connectivity index (χ4v) is 1.93. The summed E-state index contributed by atoms with van der Waals surface area (Å²) in [7, 11) is 1.77. The summed E-state index contributed by atoms with van der Waals surface area (Å²) in [5.74, 6) is 0.212. The molecule has 1 aromatic carbocycles. The van der Waals surface area contributed by atoms with Crippen LogP contribution in [0.15, 0.2) is 24.3 Å². The number of rotatable bonds is 5. The van der Waals surface area contributed by atoms with Crippen molar-refractivity contribution in [1.29, 1.82) is 0 Å². The van der Waals surface area contributed by atoms with Crippen LogP contribution in [0.25, 0.3) is 0 Å².